The fourth-order valence-electron chi connectivity index (χ4n) is 2.31. The molecular formula is C17H17N7. The number of allylic oxidation sites excluding steroid dienone is 2. The average molecular weight is 319 g/mol. The minimum absolute atomic E-state index is 0.493. The zero-order valence-corrected chi connectivity index (χ0v) is 13.2. The summed E-state index contributed by atoms with van der Waals surface area (Å²) in [5.41, 5.74) is 3.80. The summed E-state index contributed by atoms with van der Waals surface area (Å²) in [6.45, 7) is 2.53. The molecule has 0 radical (unpaired) electrons. The third-order valence-electron chi connectivity index (χ3n) is 3.55. The van der Waals surface area contributed by atoms with Gasteiger partial charge in [-0.2, -0.15) is 5.26 Å². The molecule has 1 aliphatic rings. The number of aromatic amines is 1. The summed E-state index contributed by atoms with van der Waals surface area (Å²) in [4.78, 5) is 15.8. The minimum atomic E-state index is 0.493. The molecule has 2 aromatic heterocycles. The van der Waals surface area contributed by atoms with E-state index in [9.17, 15) is 5.26 Å². The first-order valence-electron chi connectivity index (χ1n) is 7.56. The second kappa shape index (κ2) is 7.24. The van der Waals surface area contributed by atoms with Gasteiger partial charge in [-0.15, -0.1) is 0 Å². The van der Waals surface area contributed by atoms with Crippen LogP contribution in [0, 0.1) is 11.3 Å². The van der Waals surface area contributed by atoms with Gasteiger partial charge in [0.1, 0.15) is 11.6 Å². The fraction of sp³-hybridized carbons (Fsp3) is 0.176. The zero-order valence-electron chi connectivity index (χ0n) is 13.2. The smallest absolute Gasteiger partial charge is 0.199 e. The molecule has 1 aliphatic heterocycles. The first-order valence-corrected chi connectivity index (χ1v) is 7.56. The number of hydrogen-bond donors (Lipinski definition) is 3. The van der Waals surface area contributed by atoms with E-state index in [4.69, 9.17) is 0 Å². The van der Waals surface area contributed by atoms with Crippen molar-refractivity contribution in [3.8, 4) is 6.07 Å². The van der Waals surface area contributed by atoms with E-state index in [1.54, 1.807) is 18.7 Å². The molecule has 0 atom stereocenters. The number of aromatic nitrogens is 3. The van der Waals surface area contributed by atoms with Crippen LogP contribution in [0.2, 0.25) is 0 Å². The predicted octanol–water partition coefficient (Wildman–Crippen LogP) is 1.73. The van der Waals surface area contributed by atoms with E-state index in [2.05, 4.69) is 36.6 Å². The van der Waals surface area contributed by atoms with Gasteiger partial charge in [-0.05, 0) is 24.6 Å². The Balaban J connectivity index is 1.81. The third kappa shape index (κ3) is 3.50. The molecule has 0 saturated carbocycles. The van der Waals surface area contributed by atoms with E-state index in [1.165, 1.54) is 0 Å². The maximum Gasteiger partial charge on any atom is 0.199 e. The van der Waals surface area contributed by atoms with E-state index in [0.29, 0.717) is 23.8 Å². The molecule has 0 spiro atoms. The molecule has 2 aromatic rings. The predicted molar refractivity (Wildman–Crippen MR) is 91.4 cm³/mol. The molecule has 0 aliphatic carbocycles. The summed E-state index contributed by atoms with van der Waals surface area (Å²) < 4.78 is 0. The lowest BCUT2D eigenvalue weighted by atomic mass is 10.1. The van der Waals surface area contributed by atoms with E-state index < -0.39 is 0 Å². The zero-order chi connectivity index (χ0) is 16.8. The van der Waals surface area contributed by atoms with Gasteiger partial charge in [0.25, 0.3) is 0 Å². The van der Waals surface area contributed by atoms with Crippen molar-refractivity contribution in [3.63, 3.8) is 0 Å². The van der Waals surface area contributed by atoms with Crippen LogP contribution in [0.3, 0.4) is 0 Å². The third-order valence-corrected chi connectivity index (χ3v) is 3.55. The summed E-state index contributed by atoms with van der Waals surface area (Å²) in [7, 11) is 0. The second-order valence-electron chi connectivity index (χ2n) is 5.23. The number of nitriles is 1. The normalized spacial score (nSPS) is 17.5. The van der Waals surface area contributed by atoms with Crippen LogP contribution in [0.25, 0.3) is 5.57 Å². The van der Waals surface area contributed by atoms with Crippen molar-refractivity contribution in [1.82, 2.24) is 25.6 Å². The number of imidazole rings is 1. The Morgan fingerprint density at radius 2 is 2.29 bits per heavy atom. The standard InChI is InChI=1S/C17H17N7/c1-12-9-22-17(21-7-5-13-10-19-11-23-13)24-16(12)14(8-18)15-4-2-3-6-20-15/h2-4,6,9-11H,5,7H2,1H3,(H,19,23)(H2,21,22,24)/b16-14-. The Morgan fingerprint density at radius 3 is 3.00 bits per heavy atom. The van der Waals surface area contributed by atoms with E-state index in [-0.39, 0.29) is 0 Å². The summed E-state index contributed by atoms with van der Waals surface area (Å²) in [5.74, 6) is 0.610. The van der Waals surface area contributed by atoms with Gasteiger partial charge in [0.2, 0.25) is 0 Å². The molecule has 0 fully saturated rings. The number of nitrogens with one attached hydrogen (secondary N) is 3. The Bertz CT molecular complexity index is 824. The van der Waals surface area contributed by atoms with Crippen molar-refractivity contribution in [3.05, 3.63) is 65.8 Å². The highest BCUT2D eigenvalue weighted by atomic mass is 15.2. The van der Waals surface area contributed by atoms with Crippen molar-refractivity contribution in [2.45, 2.75) is 13.3 Å². The highest BCUT2D eigenvalue weighted by Gasteiger charge is 2.17. The average Bonchev–Trinajstić information content (AvgIpc) is 3.12. The van der Waals surface area contributed by atoms with Gasteiger partial charge < -0.3 is 15.6 Å². The Hall–Kier alpha value is -3.40. The molecule has 0 saturated heterocycles. The Labute approximate surface area is 139 Å². The van der Waals surface area contributed by atoms with E-state index >= 15 is 0 Å². The van der Waals surface area contributed by atoms with Gasteiger partial charge in [-0.1, -0.05) is 6.07 Å². The molecule has 7 heteroatoms. The lowest BCUT2D eigenvalue weighted by Gasteiger charge is -2.21. The number of guanidine groups is 1. The topological polar surface area (TPSA) is 102 Å². The first kappa shape index (κ1) is 15.5. The number of rotatable bonds is 4. The molecule has 120 valence electrons. The largest absolute Gasteiger partial charge is 0.348 e. The Kier molecular flexibility index (Phi) is 4.68. The maximum atomic E-state index is 9.55. The first-order chi connectivity index (χ1) is 11.8. The molecule has 3 N–H and O–H groups in total. The SMILES string of the molecule is CC1=CNC(=NCCc2cnc[nH]2)N/C1=C(/C#N)c1ccccn1. The number of aliphatic imine (C=N–C) groups is 1. The van der Waals surface area contributed by atoms with Crippen LogP contribution in [0.15, 0.2) is 59.4 Å². The summed E-state index contributed by atoms with van der Waals surface area (Å²) >= 11 is 0. The van der Waals surface area contributed by atoms with Gasteiger partial charge in [0, 0.05) is 37.3 Å². The highest BCUT2D eigenvalue weighted by molar-refractivity contribution is 5.90. The monoisotopic (exact) mass is 319 g/mol. The van der Waals surface area contributed by atoms with Crippen LogP contribution in [-0.4, -0.2) is 27.5 Å². The summed E-state index contributed by atoms with van der Waals surface area (Å²) in [6, 6.07) is 7.74. The van der Waals surface area contributed by atoms with Crippen molar-refractivity contribution >= 4 is 11.5 Å². The number of hydrogen-bond acceptors (Lipinski definition) is 4. The molecular weight excluding hydrogens is 302 g/mol. The summed E-state index contributed by atoms with van der Waals surface area (Å²) in [6.07, 6.45) is 7.71. The van der Waals surface area contributed by atoms with Crippen LogP contribution in [0.4, 0.5) is 0 Å². The number of H-pyrrole nitrogens is 1. The molecule has 3 heterocycles. The van der Waals surface area contributed by atoms with Crippen LogP contribution in [0.1, 0.15) is 18.3 Å². The van der Waals surface area contributed by atoms with Gasteiger partial charge in [0.05, 0.1) is 17.7 Å². The fourth-order valence-corrected chi connectivity index (χ4v) is 2.31. The quantitative estimate of drug-likeness (QED) is 0.745. The van der Waals surface area contributed by atoms with Crippen molar-refractivity contribution in [1.29, 1.82) is 5.26 Å². The molecule has 0 unspecified atom stereocenters. The lowest BCUT2D eigenvalue weighted by Crippen LogP contribution is -2.39. The second-order valence-corrected chi connectivity index (χ2v) is 5.23. The van der Waals surface area contributed by atoms with E-state index in [0.717, 1.165) is 23.4 Å². The molecule has 0 aromatic carbocycles. The number of nitrogens with zero attached hydrogens (tertiary/aromatic N) is 4. The van der Waals surface area contributed by atoms with Crippen LogP contribution < -0.4 is 10.6 Å². The summed E-state index contributed by atoms with van der Waals surface area (Å²) in [5, 5.41) is 15.8. The van der Waals surface area contributed by atoms with Gasteiger partial charge in [-0.3, -0.25) is 9.98 Å². The molecule has 0 bridgehead atoms. The minimum Gasteiger partial charge on any atom is -0.348 e. The molecule has 24 heavy (non-hydrogen) atoms. The number of pyridine rings is 1. The molecule has 7 nitrogen and oxygen atoms in total. The van der Waals surface area contributed by atoms with E-state index in [1.807, 2.05) is 31.3 Å². The van der Waals surface area contributed by atoms with Crippen LogP contribution in [0.5, 0.6) is 0 Å². The lowest BCUT2D eigenvalue weighted by molar-refractivity contribution is 0.893. The molecule has 0 amide bonds. The van der Waals surface area contributed by atoms with Crippen molar-refractivity contribution < 1.29 is 0 Å². The molecule has 3 rings (SSSR count). The van der Waals surface area contributed by atoms with Gasteiger partial charge in [0.15, 0.2) is 5.96 Å². The van der Waals surface area contributed by atoms with Crippen molar-refractivity contribution in [2.24, 2.45) is 4.99 Å². The Morgan fingerprint density at radius 1 is 1.38 bits per heavy atom. The van der Waals surface area contributed by atoms with Gasteiger partial charge >= 0.3 is 0 Å². The van der Waals surface area contributed by atoms with Crippen LogP contribution >= 0.6 is 0 Å². The van der Waals surface area contributed by atoms with Crippen molar-refractivity contribution in [2.75, 3.05) is 6.54 Å². The van der Waals surface area contributed by atoms with Gasteiger partial charge in [-0.25, -0.2) is 4.98 Å². The highest BCUT2D eigenvalue weighted by Crippen LogP contribution is 2.20. The van der Waals surface area contributed by atoms with Crippen LogP contribution in [-0.2, 0) is 6.42 Å². The maximum absolute atomic E-state index is 9.55.